The second kappa shape index (κ2) is 5.59. The number of aliphatic hydroxyl groups is 1. The highest BCUT2D eigenvalue weighted by Gasteiger charge is 2.32. The number of aromatic nitrogens is 3. The summed E-state index contributed by atoms with van der Waals surface area (Å²) in [4.78, 5) is 7.10. The summed E-state index contributed by atoms with van der Waals surface area (Å²) in [5.41, 5.74) is 1.23. The Balaban J connectivity index is 1.50. The van der Waals surface area contributed by atoms with Crippen LogP contribution >= 0.6 is 0 Å². The molecule has 0 aromatic carbocycles. The lowest BCUT2D eigenvalue weighted by atomic mass is 10.1. The van der Waals surface area contributed by atoms with Gasteiger partial charge in [-0.2, -0.15) is 0 Å². The first kappa shape index (κ1) is 12.4. The van der Waals surface area contributed by atoms with Gasteiger partial charge in [-0.3, -0.25) is 0 Å². The molecule has 1 aliphatic rings. The molecule has 5 heteroatoms. The van der Waals surface area contributed by atoms with Crippen LogP contribution in [0.25, 0.3) is 0 Å². The molecule has 19 heavy (non-hydrogen) atoms. The van der Waals surface area contributed by atoms with Crippen molar-refractivity contribution >= 4 is 0 Å². The van der Waals surface area contributed by atoms with E-state index in [2.05, 4.69) is 25.9 Å². The number of nitrogens with one attached hydrogen (secondary N) is 2. The van der Waals surface area contributed by atoms with Crippen LogP contribution in [0.3, 0.4) is 0 Å². The number of hydrogen-bond acceptors (Lipinski definition) is 3. The lowest BCUT2D eigenvalue weighted by Crippen LogP contribution is -2.35. The summed E-state index contributed by atoms with van der Waals surface area (Å²) >= 11 is 0. The predicted molar refractivity (Wildman–Crippen MR) is 72.4 cm³/mol. The summed E-state index contributed by atoms with van der Waals surface area (Å²) in [6.45, 7) is 1.75. The monoisotopic (exact) mass is 260 g/mol. The van der Waals surface area contributed by atoms with E-state index in [1.807, 2.05) is 24.9 Å². The van der Waals surface area contributed by atoms with E-state index in [1.165, 1.54) is 5.56 Å². The molecular weight excluding hydrogens is 240 g/mol. The summed E-state index contributed by atoms with van der Waals surface area (Å²) in [5, 5.41) is 13.6. The van der Waals surface area contributed by atoms with Gasteiger partial charge in [-0.1, -0.05) is 0 Å². The smallest absolute Gasteiger partial charge is 0.0945 e. The van der Waals surface area contributed by atoms with Gasteiger partial charge in [0.1, 0.15) is 0 Å². The Labute approximate surface area is 112 Å². The fourth-order valence-corrected chi connectivity index (χ4v) is 2.90. The summed E-state index contributed by atoms with van der Waals surface area (Å²) in [6, 6.07) is 2.25. The van der Waals surface area contributed by atoms with E-state index in [0.717, 1.165) is 25.9 Å². The Bertz CT molecular complexity index is 480. The zero-order valence-corrected chi connectivity index (χ0v) is 10.9. The first-order valence-electron chi connectivity index (χ1n) is 6.80. The van der Waals surface area contributed by atoms with Crippen LogP contribution in [0.5, 0.6) is 0 Å². The number of aromatic amines is 1. The molecule has 2 aromatic heterocycles. The van der Waals surface area contributed by atoms with Gasteiger partial charge in [-0.25, -0.2) is 4.98 Å². The van der Waals surface area contributed by atoms with Crippen molar-refractivity contribution in [2.45, 2.75) is 38.1 Å². The van der Waals surface area contributed by atoms with E-state index in [-0.39, 0.29) is 12.1 Å². The van der Waals surface area contributed by atoms with Gasteiger partial charge in [0.15, 0.2) is 0 Å². The van der Waals surface area contributed by atoms with Gasteiger partial charge in [-0.05, 0) is 30.4 Å². The molecule has 0 bridgehead atoms. The zero-order chi connectivity index (χ0) is 13.1. The third-order valence-corrected chi connectivity index (χ3v) is 3.89. The topological polar surface area (TPSA) is 65.9 Å². The van der Waals surface area contributed by atoms with E-state index in [1.54, 1.807) is 6.20 Å². The van der Waals surface area contributed by atoms with Gasteiger partial charge < -0.3 is 20.0 Å². The summed E-state index contributed by atoms with van der Waals surface area (Å²) in [6.07, 6.45) is 11.2. The molecule has 3 atom stereocenters. The van der Waals surface area contributed by atoms with Crippen molar-refractivity contribution in [2.75, 3.05) is 0 Å². The van der Waals surface area contributed by atoms with E-state index in [0.29, 0.717) is 5.92 Å². The number of imidazole rings is 1. The van der Waals surface area contributed by atoms with Crippen molar-refractivity contribution < 1.29 is 5.11 Å². The molecule has 3 N–H and O–H groups in total. The highest BCUT2D eigenvalue weighted by atomic mass is 16.3. The second-order valence-electron chi connectivity index (χ2n) is 5.37. The molecule has 0 amide bonds. The third-order valence-electron chi connectivity index (χ3n) is 3.89. The Morgan fingerprint density at radius 1 is 1.47 bits per heavy atom. The average molecular weight is 260 g/mol. The molecule has 1 saturated carbocycles. The van der Waals surface area contributed by atoms with Crippen LogP contribution in [0.15, 0.2) is 37.2 Å². The van der Waals surface area contributed by atoms with Crippen molar-refractivity contribution in [1.82, 2.24) is 19.9 Å². The van der Waals surface area contributed by atoms with Gasteiger partial charge in [0.25, 0.3) is 0 Å². The van der Waals surface area contributed by atoms with Crippen LogP contribution < -0.4 is 5.32 Å². The minimum Gasteiger partial charge on any atom is -0.391 e. The Morgan fingerprint density at radius 2 is 2.42 bits per heavy atom. The van der Waals surface area contributed by atoms with Crippen molar-refractivity contribution in [3.8, 4) is 0 Å². The third kappa shape index (κ3) is 3.05. The molecule has 2 aromatic rings. The molecule has 1 aliphatic carbocycles. The van der Waals surface area contributed by atoms with Crippen LogP contribution in [0.1, 0.15) is 18.4 Å². The van der Waals surface area contributed by atoms with Crippen LogP contribution in [0.2, 0.25) is 0 Å². The fourth-order valence-electron chi connectivity index (χ4n) is 2.90. The van der Waals surface area contributed by atoms with Crippen molar-refractivity contribution in [3.05, 3.63) is 42.7 Å². The summed E-state index contributed by atoms with van der Waals surface area (Å²) in [7, 11) is 0. The number of H-pyrrole nitrogens is 1. The van der Waals surface area contributed by atoms with Gasteiger partial charge in [0.2, 0.25) is 0 Å². The zero-order valence-electron chi connectivity index (χ0n) is 10.9. The van der Waals surface area contributed by atoms with Gasteiger partial charge in [0.05, 0.1) is 12.4 Å². The highest BCUT2D eigenvalue weighted by Crippen LogP contribution is 2.27. The second-order valence-corrected chi connectivity index (χ2v) is 5.37. The van der Waals surface area contributed by atoms with E-state index in [4.69, 9.17) is 0 Å². The molecular formula is C14H20N4O. The van der Waals surface area contributed by atoms with E-state index in [9.17, 15) is 5.11 Å². The molecule has 102 valence electrons. The normalized spacial score (nSPS) is 26.9. The Hall–Kier alpha value is -1.59. The number of hydrogen-bond donors (Lipinski definition) is 3. The maximum atomic E-state index is 10.1. The quantitative estimate of drug-likeness (QED) is 0.755. The highest BCUT2D eigenvalue weighted by molar-refractivity contribution is 5.08. The molecule has 0 saturated heterocycles. The lowest BCUT2D eigenvalue weighted by molar-refractivity contribution is 0.145. The molecule has 0 spiro atoms. The van der Waals surface area contributed by atoms with E-state index >= 15 is 0 Å². The standard InChI is InChI=1S/C14H20N4O/c19-14-6-12(9-18-4-3-16-10-18)5-13(14)17-8-11-1-2-15-7-11/h1-4,7,10,12-15,17,19H,5-6,8-9H2/t12?,13-,14-/m1/s1. The maximum Gasteiger partial charge on any atom is 0.0945 e. The molecule has 3 rings (SSSR count). The first-order valence-corrected chi connectivity index (χ1v) is 6.80. The molecule has 2 heterocycles. The van der Waals surface area contributed by atoms with Gasteiger partial charge >= 0.3 is 0 Å². The van der Waals surface area contributed by atoms with Gasteiger partial charge in [0, 0.05) is 43.9 Å². The first-order chi connectivity index (χ1) is 9.31. The minimum absolute atomic E-state index is 0.198. The molecule has 5 nitrogen and oxygen atoms in total. The van der Waals surface area contributed by atoms with Crippen molar-refractivity contribution in [1.29, 1.82) is 0 Å². The lowest BCUT2D eigenvalue weighted by Gasteiger charge is -2.15. The molecule has 0 radical (unpaired) electrons. The van der Waals surface area contributed by atoms with Crippen LogP contribution in [-0.4, -0.2) is 31.8 Å². The van der Waals surface area contributed by atoms with Crippen molar-refractivity contribution in [2.24, 2.45) is 5.92 Å². The number of rotatable bonds is 5. The van der Waals surface area contributed by atoms with Crippen LogP contribution in [0.4, 0.5) is 0 Å². The Kier molecular flexibility index (Phi) is 3.66. The fraction of sp³-hybridized carbons (Fsp3) is 0.500. The largest absolute Gasteiger partial charge is 0.391 e. The summed E-state index contributed by atoms with van der Waals surface area (Å²) in [5.74, 6) is 0.521. The minimum atomic E-state index is -0.243. The number of nitrogens with zero attached hydrogens (tertiary/aromatic N) is 2. The Morgan fingerprint density at radius 3 is 3.16 bits per heavy atom. The molecule has 1 fully saturated rings. The average Bonchev–Trinajstić information content (AvgIpc) is 3.10. The maximum absolute atomic E-state index is 10.1. The van der Waals surface area contributed by atoms with Crippen molar-refractivity contribution in [3.63, 3.8) is 0 Å². The van der Waals surface area contributed by atoms with Gasteiger partial charge in [-0.15, -0.1) is 0 Å². The summed E-state index contributed by atoms with van der Waals surface area (Å²) < 4.78 is 2.09. The molecule has 0 aliphatic heterocycles. The predicted octanol–water partition coefficient (Wildman–Crippen LogP) is 1.14. The van der Waals surface area contributed by atoms with Crippen LogP contribution in [-0.2, 0) is 13.1 Å². The number of aliphatic hydroxyl groups excluding tert-OH is 1. The van der Waals surface area contributed by atoms with Crippen LogP contribution in [0, 0.1) is 5.92 Å². The molecule has 1 unspecified atom stereocenters. The SMILES string of the molecule is O[C@@H]1CC(Cn2ccnc2)C[C@H]1NCc1cc[nH]c1. The van der Waals surface area contributed by atoms with E-state index < -0.39 is 0 Å².